The summed E-state index contributed by atoms with van der Waals surface area (Å²) in [5.74, 6) is -1.17. The third kappa shape index (κ3) is 2.13. The summed E-state index contributed by atoms with van der Waals surface area (Å²) < 4.78 is 36.3. The van der Waals surface area contributed by atoms with E-state index in [1.807, 2.05) is 0 Å². The molecule has 68 valence electrons. The standard InChI is InChI=1S/C8H10F3N/c1-12-5-6-2-3-7(4-6)8(9,10)11/h6-7H,2-5H2. The molecule has 12 heavy (non-hydrogen) atoms. The first-order valence-electron chi connectivity index (χ1n) is 3.94. The van der Waals surface area contributed by atoms with Crippen molar-refractivity contribution in [2.45, 2.75) is 25.4 Å². The summed E-state index contributed by atoms with van der Waals surface area (Å²) in [6.45, 7) is 6.79. The highest BCUT2D eigenvalue weighted by molar-refractivity contribution is 4.83. The van der Waals surface area contributed by atoms with Crippen LogP contribution < -0.4 is 0 Å². The van der Waals surface area contributed by atoms with E-state index in [0.29, 0.717) is 6.42 Å². The Labute approximate surface area is 69.4 Å². The van der Waals surface area contributed by atoms with Crippen molar-refractivity contribution >= 4 is 0 Å². The minimum atomic E-state index is -4.04. The van der Waals surface area contributed by atoms with E-state index in [1.165, 1.54) is 0 Å². The molecule has 4 heteroatoms. The number of hydrogen-bond donors (Lipinski definition) is 0. The van der Waals surface area contributed by atoms with Gasteiger partial charge >= 0.3 is 6.18 Å². The minimum absolute atomic E-state index is 0.0193. The second-order valence-corrected chi connectivity index (χ2v) is 3.26. The molecule has 1 nitrogen and oxygen atoms in total. The quantitative estimate of drug-likeness (QED) is 0.542. The van der Waals surface area contributed by atoms with Crippen LogP contribution in [0, 0.1) is 18.4 Å². The Morgan fingerprint density at radius 3 is 2.42 bits per heavy atom. The van der Waals surface area contributed by atoms with E-state index in [0.717, 1.165) is 0 Å². The smallest absolute Gasteiger partial charge is 0.317 e. The van der Waals surface area contributed by atoms with E-state index in [2.05, 4.69) is 4.85 Å². The van der Waals surface area contributed by atoms with Crippen molar-refractivity contribution < 1.29 is 13.2 Å². The monoisotopic (exact) mass is 177 g/mol. The fourth-order valence-electron chi connectivity index (χ4n) is 1.67. The normalized spacial score (nSPS) is 30.2. The molecule has 1 saturated carbocycles. The van der Waals surface area contributed by atoms with Crippen molar-refractivity contribution in [2.75, 3.05) is 6.54 Å². The third-order valence-electron chi connectivity index (χ3n) is 2.35. The van der Waals surface area contributed by atoms with Crippen LogP contribution in [0.4, 0.5) is 13.2 Å². The van der Waals surface area contributed by atoms with E-state index in [1.54, 1.807) is 0 Å². The van der Waals surface area contributed by atoms with Crippen molar-refractivity contribution in [3.8, 4) is 0 Å². The highest BCUT2D eigenvalue weighted by Crippen LogP contribution is 2.41. The molecule has 1 fully saturated rings. The predicted molar refractivity (Wildman–Crippen MR) is 38.4 cm³/mol. The molecular formula is C8H10F3N. The van der Waals surface area contributed by atoms with E-state index < -0.39 is 12.1 Å². The summed E-state index contributed by atoms with van der Waals surface area (Å²) in [7, 11) is 0. The highest BCUT2D eigenvalue weighted by atomic mass is 19.4. The highest BCUT2D eigenvalue weighted by Gasteiger charge is 2.44. The van der Waals surface area contributed by atoms with E-state index in [4.69, 9.17) is 6.57 Å². The molecule has 0 spiro atoms. The van der Waals surface area contributed by atoms with E-state index in [-0.39, 0.29) is 25.3 Å². The Bertz CT molecular complexity index is 191. The van der Waals surface area contributed by atoms with Crippen molar-refractivity contribution in [2.24, 2.45) is 11.8 Å². The Morgan fingerprint density at radius 2 is 2.00 bits per heavy atom. The molecule has 0 heterocycles. The summed E-state index contributed by atoms with van der Waals surface area (Å²) in [6.07, 6.45) is -3.11. The van der Waals surface area contributed by atoms with Crippen LogP contribution in [0.3, 0.4) is 0 Å². The van der Waals surface area contributed by atoms with Crippen LogP contribution in [0.5, 0.6) is 0 Å². The van der Waals surface area contributed by atoms with Gasteiger partial charge in [0.2, 0.25) is 6.54 Å². The van der Waals surface area contributed by atoms with Crippen LogP contribution in [0.15, 0.2) is 0 Å². The van der Waals surface area contributed by atoms with Gasteiger partial charge in [-0.3, -0.25) is 0 Å². The second-order valence-electron chi connectivity index (χ2n) is 3.26. The van der Waals surface area contributed by atoms with Crippen molar-refractivity contribution in [1.29, 1.82) is 0 Å². The molecule has 0 saturated heterocycles. The van der Waals surface area contributed by atoms with E-state index >= 15 is 0 Å². The molecule has 1 aliphatic rings. The van der Waals surface area contributed by atoms with Crippen LogP contribution in [0.2, 0.25) is 0 Å². The van der Waals surface area contributed by atoms with Gasteiger partial charge in [-0.25, -0.2) is 6.57 Å². The molecule has 0 bridgehead atoms. The Kier molecular flexibility index (Phi) is 2.61. The lowest BCUT2D eigenvalue weighted by atomic mass is 10.1. The molecule has 0 radical (unpaired) electrons. The molecule has 0 amide bonds. The second kappa shape index (κ2) is 3.34. The van der Waals surface area contributed by atoms with Gasteiger partial charge in [0.1, 0.15) is 0 Å². The summed E-state index contributed by atoms with van der Waals surface area (Å²) in [6, 6.07) is 0. The van der Waals surface area contributed by atoms with Crippen LogP contribution in [0.25, 0.3) is 4.85 Å². The zero-order chi connectivity index (χ0) is 9.19. The van der Waals surface area contributed by atoms with Gasteiger partial charge in [-0.05, 0) is 19.3 Å². The number of hydrogen-bond acceptors (Lipinski definition) is 0. The van der Waals surface area contributed by atoms with Gasteiger partial charge in [-0.15, -0.1) is 0 Å². The molecule has 0 aromatic carbocycles. The van der Waals surface area contributed by atoms with Gasteiger partial charge in [0, 0.05) is 5.92 Å². The molecule has 2 unspecified atom stereocenters. The average molecular weight is 177 g/mol. The van der Waals surface area contributed by atoms with Gasteiger partial charge in [-0.2, -0.15) is 13.2 Å². The first-order chi connectivity index (χ1) is 5.54. The lowest BCUT2D eigenvalue weighted by molar-refractivity contribution is -0.173. The van der Waals surface area contributed by atoms with Gasteiger partial charge < -0.3 is 4.85 Å². The van der Waals surface area contributed by atoms with Crippen molar-refractivity contribution in [3.63, 3.8) is 0 Å². The number of halogens is 3. The SMILES string of the molecule is [C-]#[N+]CC1CCC(C(F)(F)F)C1. The number of rotatable bonds is 1. The first-order valence-corrected chi connectivity index (χ1v) is 3.94. The van der Waals surface area contributed by atoms with Crippen LogP contribution in [-0.4, -0.2) is 12.7 Å². The zero-order valence-electron chi connectivity index (χ0n) is 6.56. The van der Waals surface area contributed by atoms with Gasteiger partial charge in [0.15, 0.2) is 0 Å². The Morgan fingerprint density at radius 1 is 1.33 bits per heavy atom. The Hall–Kier alpha value is -0.720. The van der Waals surface area contributed by atoms with E-state index in [9.17, 15) is 13.2 Å². The number of nitrogens with zero attached hydrogens (tertiary/aromatic N) is 1. The fourth-order valence-corrected chi connectivity index (χ4v) is 1.67. The summed E-state index contributed by atoms with van der Waals surface area (Å²) in [5, 5.41) is 0. The van der Waals surface area contributed by atoms with Crippen LogP contribution in [-0.2, 0) is 0 Å². The van der Waals surface area contributed by atoms with Gasteiger partial charge in [-0.1, -0.05) is 0 Å². The van der Waals surface area contributed by atoms with Crippen LogP contribution >= 0.6 is 0 Å². The average Bonchev–Trinajstić information content (AvgIpc) is 2.35. The maximum atomic E-state index is 12.1. The molecule has 0 aromatic heterocycles. The third-order valence-corrected chi connectivity index (χ3v) is 2.35. The van der Waals surface area contributed by atoms with Crippen LogP contribution in [0.1, 0.15) is 19.3 Å². The first kappa shape index (κ1) is 9.37. The number of alkyl halides is 3. The Balaban J connectivity index is 2.42. The lowest BCUT2D eigenvalue weighted by Gasteiger charge is -2.13. The molecule has 0 aliphatic heterocycles. The van der Waals surface area contributed by atoms with Gasteiger partial charge in [0.25, 0.3) is 0 Å². The topological polar surface area (TPSA) is 4.36 Å². The molecule has 2 atom stereocenters. The predicted octanol–water partition coefficient (Wildman–Crippen LogP) is 2.88. The van der Waals surface area contributed by atoms with Gasteiger partial charge in [0.05, 0.1) is 5.92 Å². The van der Waals surface area contributed by atoms with Crippen molar-refractivity contribution in [3.05, 3.63) is 11.4 Å². The molecule has 0 N–H and O–H groups in total. The zero-order valence-corrected chi connectivity index (χ0v) is 6.56. The maximum absolute atomic E-state index is 12.1. The lowest BCUT2D eigenvalue weighted by Crippen LogP contribution is -2.20. The molecule has 1 rings (SSSR count). The maximum Gasteiger partial charge on any atom is 0.391 e. The molecular weight excluding hydrogens is 167 g/mol. The minimum Gasteiger partial charge on any atom is -0.317 e. The summed E-state index contributed by atoms with van der Waals surface area (Å²) >= 11 is 0. The fraction of sp³-hybridized carbons (Fsp3) is 0.875. The molecule has 1 aliphatic carbocycles. The van der Waals surface area contributed by atoms with Crippen molar-refractivity contribution in [1.82, 2.24) is 0 Å². The summed E-state index contributed by atoms with van der Waals surface area (Å²) in [5.41, 5.74) is 0. The summed E-state index contributed by atoms with van der Waals surface area (Å²) in [4.78, 5) is 3.12. The largest absolute Gasteiger partial charge is 0.391 e. The molecule has 0 aromatic rings.